The Hall–Kier alpha value is -5.50. The fourth-order valence-corrected chi connectivity index (χ4v) is 15.8. The molecule has 2 fully saturated rings. The van der Waals surface area contributed by atoms with Crippen molar-refractivity contribution in [3.05, 3.63) is 129 Å². The monoisotopic (exact) mass is 1140 g/mol. The molecule has 4 bridgehead atoms. The van der Waals surface area contributed by atoms with Crippen molar-refractivity contribution < 1.29 is 45.4 Å². The van der Waals surface area contributed by atoms with Crippen molar-refractivity contribution in [2.24, 2.45) is 23.7 Å². The standard InChI is InChI=1S/2C29H34ClN3O5S/c2*1-37-26-5-3-13-31-28(34)32-39(35,36)22-8-11-27-25(15-22)33(16-20-6-9-23(20)26)17-29(18-38-27)12-2-4-19-14-21(30)7-10-24(19)29/h2*3,5,7-8,10-11,14-15,20,23,26H,2,4,6,9,12-13,16-18H2,1H3,(H2,31,32,34)/b5-3+;5-3-/t2*20-,23+,26+,29-/m00/s1. The Bertz CT molecular complexity index is 3040. The molecule has 8 aliphatic rings. The molecule has 416 valence electrons. The summed E-state index contributed by atoms with van der Waals surface area (Å²) in [6, 6.07) is 20.5. The average Bonchev–Trinajstić information content (AvgIpc) is 3.90. The van der Waals surface area contributed by atoms with Crippen LogP contribution in [-0.2, 0) is 53.2 Å². The molecule has 0 aromatic heterocycles. The number of hydrogen-bond acceptors (Lipinski definition) is 12. The molecule has 78 heavy (non-hydrogen) atoms. The number of carbonyl (C=O) groups excluding carboxylic acids is 2. The molecule has 0 radical (unpaired) electrons. The number of aryl methyl sites for hydroxylation is 2. The lowest BCUT2D eigenvalue weighted by molar-refractivity contribution is 0.0131. The third-order valence-corrected chi connectivity index (χ3v) is 20.9. The smallest absolute Gasteiger partial charge is 0.328 e. The Kier molecular flexibility index (Phi) is 15.5. The van der Waals surface area contributed by atoms with Crippen LogP contribution in [0.15, 0.2) is 107 Å². The largest absolute Gasteiger partial charge is 0.490 e. The van der Waals surface area contributed by atoms with E-state index in [-0.39, 0.29) is 45.9 Å². The van der Waals surface area contributed by atoms with Gasteiger partial charge < -0.3 is 39.4 Å². The second-order valence-corrected chi connectivity index (χ2v) is 26.6. The van der Waals surface area contributed by atoms with Crippen LogP contribution >= 0.6 is 23.2 Å². The molecule has 2 spiro atoms. The Labute approximate surface area is 467 Å². The van der Waals surface area contributed by atoms with Gasteiger partial charge in [0.2, 0.25) is 0 Å². The Morgan fingerprint density at radius 1 is 0.590 bits per heavy atom. The summed E-state index contributed by atoms with van der Waals surface area (Å²) in [4.78, 5) is 29.5. The van der Waals surface area contributed by atoms with E-state index in [1.165, 1.54) is 34.4 Å². The van der Waals surface area contributed by atoms with Crippen LogP contribution in [0.2, 0.25) is 10.0 Å². The molecule has 4 aromatic carbocycles. The van der Waals surface area contributed by atoms with Gasteiger partial charge in [0.15, 0.2) is 0 Å². The third-order valence-electron chi connectivity index (χ3n) is 17.8. The second kappa shape index (κ2) is 22.2. The zero-order valence-electron chi connectivity index (χ0n) is 44.0. The maximum absolute atomic E-state index is 13.2. The lowest BCUT2D eigenvalue weighted by Crippen LogP contribution is -2.49. The van der Waals surface area contributed by atoms with Gasteiger partial charge in [-0.3, -0.25) is 0 Å². The number of urea groups is 2. The number of anilines is 2. The molecular formula is C58H68Cl2N6O10S2. The number of methoxy groups -OCH3 is 2. The summed E-state index contributed by atoms with van der Waals surface area (Å²) in [6.07, 6.45) is 17.7. The summed E-state index contributed by atoms with van der Waals surface area (Å²) < 4.78 is 81.6. The minimum atomic E-state index is -4.09. The lowest BCUT2D eigenvalue weighted by Gasteiger charge is -2.46. The molecule has 4 aliphatic carbocycles. The zero-order valence-corrected chi connectivity index (χ0v) is 47.1. The molecule has 4 aromatic rings. The number of rotatable bonds is 2. The molecule has 8 atom stereocenters. The first-order valence-electron chi connectivity index (χ1n) is 27.2. The van der Waals surface area contributed by atoms with Gasteiger partial charge in [-0.1, -0.05) is 59.6 Å². The van der Waals surface area contributed by atoms with E-state index >= 15 is 0 Å². The number of halogens is 2. The third kappa shape index (κ3) is 10.9. The van der Waals surface area contributed by atoms with Gasteiger partial charge in [-0.15, -0.1) is 0 Å². The maximum atomic E-state index is 13.2. The first-order chi connectivity index (χ1) is 37.6. The van der Waals surface area contributed by atoms with Crippen LogP contribution < -0.4 is 39.4 Å². The highest BCUT2D eigenvalue weighted by Gasteiger charge is 2.47. The molecule has 20 heteroatoms. The van der Waals surface area contributed by atoms with Gasteiger partial charge in [0.1, 0.15) is 11.5 Å². The van der Waals surface area contributed by atoms with Crippen molar-refractivity contribution in [3.63, 3.8) is 0 Å². The first-order valence-corrected chi connectivity index (χ1v) is 30.9. The van der Waals surface area contributed by atoms with Gasteiger partial charge in [0.25, 0.3) is 20.0 Å². The summed E-state index contributed by atoms with van der Waals surface area (Å²) in [5.74, 6) is 2.71. The number of sulfonamides is 2. The predicted octanol–water partition coefficient (Wildman–Crippen LogP) is 8.82. The van der Waals surface area contributed by atoms with Crippen LogP contribution in [-0.4, -0.2) is 108 Å². The van der Waals surface area contributed by atoms with Crippen LogP contribution in [0.4, 0.5) is 21.0 Å². The summed E-state index contributed by atoms with van der Waals surface area (Å²) >= 11 is 12.7. The predicted molar refractivity (Wildman–Crippen MR) is 300 cm³/mol. The SMILES string of the molecule is CO[C@@H]1/C=C/CNC(=O)NS(=O)(=O)c2ccc3c(c2)N(C[C@@H]2CC[C@H]21)C[C@@]1(CCCc2cc(Cl)ccc21)CO3.CO[C@@H]1/C=C\CNC(=O)NS(=O)(=O)c2ccc3c(c2)N(C[C@@H]2CC[C@H]21)C[C@@]1(CCCc2cc(Cl)ccc21)CO3. The fourth-order valence-electron chi connectivity index (χ4n) is 13.5. The number of ether oxygens (including phenoxy) is 4. The van der Waals surface area contributed by atoms with Gasteiger partial charge in [-0.2, -0.15) is 0 Å². The molecule has 4 N–H and O–H groups in total. The summed E-state index contributed by atoms with van der Waals surface area (Å²) in [6.45, 7) is 4.31. The number of hydrogen-bond donors (Lipinski definition) is 4. The number of nitrogens with one attached hydrogen (secondary N) is 4. The number of benzene rings is 4. The summed E-state index contributed by atoms with van der Waals surface area (Å²) in [5.41, 5.74) is 6.00. The molecular weight excluding hydrogens is 1080 g/mol. The van der Waals surface area contributed by atoms with Gasteiger partial charge in [0, 0.05) is 74.4 Å². The van der Waals surface area contributed by atoms with Crippen molar-refractivity contribution in [1.82, 2.24) is 20.1 Å². The van der Waals surface area contributed by atoms with Crippen LogP contribution in [0.1, 0.15) is 73.6 Å². The van der Waals surface area contributed by atoms with Crippen molar-refractivity contribution in [2.75, 3.05) is 76.5 Å². The van der Waals surface area contributed by atoms with E-state index in [2.05, 4.69) is 54.1 Å². The topological polar surface area (TPSA) is 194 Å². The lowest BCUT2D eigenvalue weighted by atomic mass is 9.68. The van der Waals surface area contributed by atoms with E-state index in [9.17, 15) is 26.4 Å². The van der Waals surface area contributed by atoms with Crippen molar-refractivity contribution in [1.29, 1.82) is 0 Å². The van der Waals surface area contributed by atoms with E-state index in [4.69, 9.17) is 42.1 Å². The molecule has 12 rings (SSSR count). The maximum Gasteiger partial charge on any atom is 0.328 e. The van der Waals surface area contributed by atoms with Crippen LogP contribution in [0.3, 0.4) is 0 Å². The van der Waals surface area contributed by atoms with Crippen LogP contribution in [0, 0.1) is 23.7 Å². The zero-order chi connectivity index (χ0) is 54.4. The van der Waals surface area contributed by atoms with Gasteiger partial charge in [-0.25, -0.2) is 35.9 Å². The number of fused-ring (bicyclic) bond motifs is 8. The highest BCUT2D eigenvalue weighted by atomic mass is 35.5. The summed E-state index contributed by atoms with van der Waals surface area (Å²) in [7, 11) is -4.74. The molecule has 4 amide bonds. The van der Waals surface area contributed by atoms with Gasteiger partial charge in [-0.05, 0) is 171 Å². The quantitative estimate of drug-likeness (QED) is 0.140. The number of nitrogens with zero attached hydrogens (tertiary/aromatic N) is 2. The molecule has 0 saturated heterocycles. The first kappa shape index (κ1) is 54.5. The summed E-state index contributed by atoms with van der Waals surface area (Å²) in [5, 5.41) is 6.66. The van der Waals surface area contributed by atoms with Crippen molar-refractivity contribution in [3.8, 4) is 11.5 Å². The Balaban J connectivity index is 0.000000165. The second-order valence-electron chi connectivity index (χ2n) is 22.4. The Morgan fingerprint density at radius 2 is 1.03 bits per heavy atom. The number of amides is 4. The molecule has 16 nitrogen and oxygen atoms in total. The van der Waals surface area contributed by atoms with E-state index < -0.39 is 32.1 Å². The Morgan fingerprint density at radius 3 is 1.42 bits per heavy atom. The number of carbonyl (C=O) groups is 2. The molecule has 4 heterocycles. The minimum absolute atomic E-state index is 0.0297. The van der Waals surface area contributed by atoms with Gasteiger partial charge >= 0.3 is 12.1 Å². The van der Waals surface area contributed by atoms with Gasteiger partial charge in [0.05, 0.1) is 46.6 Å². The minimum Gasteiger partial charge on any atom is -0.490 e. The fraction of sp³-hybridized carbons (Fsp3) is 0.483. The van der Waals surface area contributed by atoms with Crippen LogP contribution in [0.25, 0.3) is 0 Å². The normalized spacial score (nSPS) is 30.6. The van der Waals surface area contributed by atoms with E-state index in [0.717, 1.165) is 98.7 Å². The van der Waals surface area contributed by atoms with Crippen molar-refractivity contribution >= 4 is 66.7 Å². The highest BCUT2D eigenvalue weighted by Crippen LogP contribution is 2.49. The molecule has 2 saturated carbocycles. The van der Waals surface area contributed by atoms with E-state index in [1.54, 1.807) is 38.5 Å². The molecule has 0 unspecified atom stereocenters. The van der Waals surface area contributed by atoms with E-state index in [1.807, 2.05) is 36.4 Å². The average molecular weight is 1140 g/mol. The molecule has 4 aliphatic heterocycles. The highest BCUT2D eigenvalue weighted by molar-refractivity contribution is 7.90. The van der Waals surface area contributed by atoms with E-state index in [0.29, 0.717) is 61.5 Å². The van der Waals surface area contributed by atoms with Crippen LogP contribution in [0.5, 0.6) is 11.5 Å². The van der Waals surface area contributed by atoms with Crippen molar-refractivity contribution in [2.45, 2.75) is 97.0 Å².